The summed E-state index contributed by atoms with van der Waals surface area (Å²) >= 11 is 0. The van der Waals surface area contributed by atoms with E-state index in [0.717, 1.165) is 18.4 Å². The number of carboxylic acid groups (broad SMARTS) is 1. The van der Waals surface area contributed by atoms with E-state index in [4.69, 9.17) is 19.1 Å². The molecule has 2 aromatic heterocycles. The molecular formula is C22H24F3N3O6. The summed E-state index contributed by atoms with van der Waals surface area (Å²) in [7, 11) is 0. The van der Waals surface area contributed by atoms with E-state index >= 15 is 0 Å². The Kier molecular flexibility index (Phi) is 7.60. The van der Waals surface area contributed by atoms with Gasteiger partial charge in [0.05, 0.1) is 24.1 Å². The molecule has 0 saturated carbocycles. The molecule has 2 N–H and O–H groups in total. The number of aryl methyl sites for hydroxylation is 1. The zero-order valence-corrected chi connectivity index (χ0v) is 18.3. The zero-order chi connectivity index (χ0) is 24.9. The van der Waals surface area contributed by atoms with Crippen LogP contribution in [-0.2, 0) is 14.3 Å². The Morgan fingerprint density at radius 3 is 2.44 bits per heavy atom. The second-order valence-corrected chi connectivity index (χ2v) is 8.18. The molecule has 1 spiro atoms. The Labute approximate surface area is 192 Å². The van der Waals surface area contributed by atoms with Gasteiger partial charge < -0.3 is 24.5 Å². The van der Waals surface area contributed by atoms with Crippen LogP contribution in [0, 0.1) is 18.3 Å². The molecule has 2 saturated heterocycles. The molecule has 0 aromatic carbocycles. The van der Waals surface area contributed by atoms with Crippen LogP contribution in [0.2, 0.25) is 0 Å². The van der Waals surface area contributed by atoms with Crippen molar-refractivity contribution >= 4 is 23.5 Å². The minimum absolute atomic E-state index is 0.0728. The summed E-state index contributed by atoms with van der Waals surface area (Å²) in [6.07, 6.45) is 1.25. The Balaban J connectivity index is 0.000000406. The first-order valence-corrected chi connectivity index (χ1v) is 10.5. The minimum atomic E-state index is -5.08. The van der Waals surface area contributed by atoms with Gasteiger partial charge in [0.15, 0.2) is 5.76 Å². The molecule has 1 unspecified atom stereocenters. The highest BCUT2D eigenvalue weighted by Gasteiger charge is 2.52. The third-order valence-corrected chi connectivity index (χ3v) is 5.97. The van der Waals surface area contributed by atoms with Gasteiger partial charge in [0.25, 0.3) is 5.91 Å². The molecule has 0 radical (unpaired) electrons. The van der Waals surface area contributed by atoms with E-state index in [1.807, 2.05) is 13.0 Å². The average Bonchev–Trinajstić information content (AvgIpc) is 3.38. The van der Waals surface area contributed by atoms with Crippen LogP contribution in [0.3, 0.4) is 0 Å². The summed E-state index contributed by atoms with van der Waals surface area (Å²) < 4.78 is 42.6. The Morgan fingerprint density at radius 2 is 1.91 bits per heavy atom. The number of aromatic nitrogens is 1. The minimum Gasteiger partial charge on any atom is -0.475 e. The predicted molar refractivity (Wildman–Crippen MR) is 112 cm³/mol. The third-order valence-electron chi connectivity index (χ3n) is 5.97. The predicted octanol–water partition coefficient (Wildman–Crippen LogP) is 3.12. The molecule has 2 aliphatic heterocycles. The molecule has 0 bridgehead atoms. The fourth-order valence-electron chi connectivity index (χ4n) is 4.17. The molecule has 34 heavy (non-hydrogen) atoms. The van der Waals surface area contributed by atoms with Gasteiger partial charge in [0.2, 0.25) is 5.91 Å². The van der Waals surface area contributed by atoms with Crippen LogP contribution in [0.4, 0.5) is 18.9 Å². The number of carboxylic acids is 1. The first kappa shape index (κ1) is 25.2. The van der Waals surface area contributed by atoms with Crippen LogP contribution in [0.1, 0.15) is 29.0 Å². The normalized spacial score (nSPS) is 19.3. The molecule has 2 aromatic rings. The van der Waals surface area contributed by atoms with Crippen LogP contribution in [0.5, 0.6) is 0 Å². The maximum Gasteiger partial charge on any atom is 0.490 e. The van der Waals surface area contributed by atoms with Crippen LogP contribution in [-0.4, -0.2) is 65.3 Å². The number of halogens is 3. The van der Waals surface area contributed by atoms with Crippen molar-refractivity contribution in [3.63, 3.8) is 0 Å². The lowest BCUT2D eigenvalue weighted by Gasteiger charge is -2.37. The number of nitrogens with zero attached hydrogens (tertiary/aromatic N) is 2. The summed E-state index contributed by atoms with van der Waals surface area (Å²) in [5, 5.41) is 10.1. The third kappa shape index (κ3) is 5.74. The van der Waals surface area contributed by atoms with E-state index in [1.165, 1.54) is 6.26 Å². The lowest BCUT2D eigenvalue weighted by molar-refractivity contribution is -0.192. The van der Waals surface area contributed by atoms with Crippen molar-refractivity contribution in [2.45, 2.75) is 25.9 Å². The van der Waals surface area contributed by atoms with Gasteiger partial charge in [-0.05, 0) is 38.0 Å². The molecule has 2 amide bonds. The van der Waals surface area contributed by atoms with Crippen molar-refractivity contribution in [1.82, 2.24) is 9.88 Å². The lowest BCUT2D eigenvalue weighted by atomic mass is 9.71. The number of carbonyl (C=O) groups excluding carboxylic acids is 2. The van der Waals surface area contributed by atoms with Crippen molar-refractivity contribution in [3.05, 3.63) is 48.2 Å². The molecule has 4 rings (SSSR count). The molecule has 184 valence electrons. The van der Waals surface area contributed by atoms with Gasteiger partial charge in [-0.3, -0.25) is 14.6 Å². The number of aliphatic carboxylic acids is 1. The molecule has 2 aliphatic rings. The van der Waals surface area contributed by atoms with Gasteiger partial charge in [-0.25, -0.2) is 4.79 Å². The summed E-state index contributed by atoms with van der Waals surface area (Å²) in [4.78, 5) is 40.7. The van der Waals surface area contributed by atoms with Gasteiger partial charge in [-0.15, -0.1) is 0 Å². The number of carbonyl (C=O) groups is 3. The number of hydrogen-bond donors (Lipinski definition) is 2. The van der Waals surface area contributed by atoms with Crippen molar-refractivity contribution in [2.24, 2.45) is 11.3 Å². The first-order valence-electron chi connectivity index (χ1n) is 10.5. The monoisotopic (exact) mass is 483 g/mol. The Morgan fingerprint density at radius 1 is 1.24 bits per heavy atom. The van der Waals surface area contributed by atoms with Gasteiger partial charge in [-0.2, -0.15) is 13.2 Å². The van der Waals surface area contributed by atoms with Crippen LogP contribution in [0.25, 0.3) is 0 Å². The summed E-state index contributed by atoms with van der Waals surface area (Å²) in [5.41, 5.74) is 1.21. The van der Waals surface area contributed by atoms with Crippen molar-refractivity contribution in [2.75, 3.05) is 31.6 Å². The Hall–Kier alpha value is -3.41. The number of rotatable bonds is 3. The fraction of sp³-hybridized carbons (Fsp3) is 0.455. The fourth-order valence-corrected chi connectivity index (χ4v) is 4.17. The number of hydrogen-bond acceptors (Lipinski definition) is 6. The van der Waals surface area contributed by atoms with Crippen LogP contribution >= 0.6 is 0 Å². The smallest absolute Gasteiger partial charge is 0.475 e. The average molecular weight is 483 g/mol. The number of nitrogens with one attached hydrogen (secondary N) is 1. The summed E-state index contributed by atoms with van der Waals surface area (Å²) in [6, 6.07) is 5.37. The molecule has 1 atom stereocenters. The molecule has 9 nitrogen and oxygen atoms in total. The maximum atomic E-state index is 13.1. The van der Waals surface area contributed by atoms with Crippen LogP contribution in [0.15, 0.2) is 41.3 Å². The molecule has 4 heterocycles. The van der Waals surface area contributed by atoms with Gasteiger partial charge in [0, 0.05) is 43.5 Å². The number of alkyl halides is 3. The number of amides is 2. The maximum absolute atomic E-state index is 13.1. The lowest BCUT2D eigenvalue weighted by Crippen LogP contribution is -2.42. The number of anilines is 1. The quantitative estimate of drug-likeness (QED) is 0.688. The first-order chi connectivity index (χ1) is 16.0. The van der Waals surface area contributed by atoms with E-state index in [9.17, 15) is 22.8 Å². The van der Waals surface area contributed by atoms with E-state index in [1.54, 1.807) is 29.4 Å². The molecule has 0 aliphatic carbocycles. The van der Waals surface area contributed by atoms with E-state index in [2.05, 4.69) is 10.3 Å². The van der Waals surface area contributed by atoms with Crippen molar-refractivity contribution < 1.29 is 41.8 Å². The number of ether oxygens (including phenoxy) is 1. The molecule has 2 fully saturated rings. The number of pyridine rings is 1. The van der Waals surface area contributed by atoms with E-state index in [0.29, 0.717) is 37.8 Å². The second-order valence-electron chi connectivity index (χ2n) is 8.18. The topological polar surface area (TPSA) is 122 Å². The highest BCUT2D eigenvalue weighted by Crippen LogP contribution is 2.45. The zero-order valence-electron chi connectivity index (χ0n) is 18.3. The van der Waals surface area contributed by atoms with E-state index < -0.39 is 12.1 Å². The van der Waals surface area contributed by atoms with E-state index in [-0.39, 0.29) is 23.1 Å². The van der Waals surface area contributed by atoms with Gasteiger partial charge in [0.1, 0.15) is 0 Å². The van der Waals surface area contributed by atoms with Crippen molar-refractivity contribution in [3.8, 4) is 0 Å². The van der Waals surface area contributed by atoms with Gasteiger partial charge in [-0.1, -0.05) is 0 Å². The number of likely N-dealkylation sites (tertiary alicyclic amines) is 1. The number of furan rings is 1. The Bertz CT molecular complexity index is 1020. The molecular weight excluding hydrogens is 459 g/mol. The highest BCUT2D eigenvalue weighted by molar-refractivity contribution is 5.96. The largest absolute Gasteiger partial charge is 0.490 e. The highest BCUT2D eigenvalue weighted by atomic mass is 19.4. The van der Waals surface area contributed by atoms with Crippen molar-refractivity contribution in [1.29, 1.82) is 0 Å². The standard InChI is InChI=1S/C20H23N3O4.C2HF3O2/c1-14-4-8-27-17(14)19(25)23-12-16(20(13-23)5-9-26-10-6-20)18(24)22-15-3-2-7-21-11-15;3-2(4,5)1(6)7/h2-4,7-8,11,16H,5-6,9-10,12-13H2,1H3,(H,22,24);(H,6,7). The second kappa shape index (κ2) is 10.2. The molecule has 12 heteroatoms. The summed E-state index contributed by atoms with van der Waals surface area (Å²) in [5.74, 6) is -2.92. The van der Waals surface area contributed by atoms with Gasteiger partial charge >= 0.3 is 12.1 Å². The van der Waals surface area contributed by atoms with Crippen LogP contribution < -0.4 is 5.32 Å². The SMILES string of the molecule is Cc1ccoc1C(=O)N1CC(C(=O)Nc2cccnc2)C2(CCOCC2)C1.O=C(O)C(F)(F)F. The summed E-state index contributed by atoms with van der Waals surface area (Å²) in [6.45, 7) is 3.99.